The molecule has 0 atom stereocenters. The fourth-order valence-corrected chi connectivity index (χ4v) is 1.84. The van der Waals surface area contributed by atoms with Crippen LogP contribution in [0.15, 0.2) is 30.3 Å². The number of rotatable bonds is 4. The van der Waals surface area contributed by atoms with E-state index in [2.05, 4.69) is 15.5 Å². The first-order valence-corrected chi connectivity index (χ1v) is 6.00. The first-order valence-electron chi connectivity index (χ1n) is 5.01. The van der Waals surface area contributed by atoms with Crippen LogP contribution >= 0.6 is 11.8 Å². The van der Waals surface area contributed by atoms with E-state index in [1.807, 2.05) is 30.3 Å². The minimum Gasteiger partial charge on any atom is -0.379 e. The molecular weight excluding hydrogens is 236 g/mol. The van der Waals surface area contributed by atoms with Crippen molar-refractivity contribution in [1.29, 1.82) is 5.41 Å². The van der Waals surface area contributed by atoms with Crippen molar-refractivity contribution in [2.75, 3.05) is 0 Å². The normalized spacial score (nSPS) is 10.4. The summed E-state index contributed by atoms with van der Waals surface area (Å²) in [6.45, 7) is 0.627. The Morgan fingerprint density at radius 3 is 2.82 bits per heavy atom. The molecule has 0 fully saturated rings. The van der Waals surface area contributed by atoms with Gasteiger partial charge < -0.3 is 5.73 Å². The highest BCUT2D eigenvalue weighted by molar-refractivity contribution is 8.12. The number of thioether (sulfide) groups is 1. The molecule has 0 aliphatic rings. The number of benzene rings is 1. The van der Waals surface area contributed by atoms with Gasteiger partial charge in [0.25, 0.3) is 0 Å². The van der Waals surface area contributed by atoms with E-state index in [4.69, 9.17) is 11.1 Å². The van der Waals surface area contributed by atoms with Gasteiger partial charge in [-0.3, -0.25) is 5.41 Å². The number of nitrogens with two attached hydrogens (primary N) is 1. The van der Waals surface area contributed by atoms with Crippen LogP contribution < -0.4 is 5.73 Å². The quantitative estimate of drug-likeness (QED) is 0.618. The fourth-order valence-electron chi connectivity index (χ4n) is 1.35. The third-order valence-corrected chi connectivity index (χ3v) is 2.85. The number of nitrogens with one attached hydrogen (secondary N) is 1. The van der Waals surface area contributed by atoms with Crippen LogP contribution in [0.25, 0.3) is 0 Å². The van der Waals surface area contributed by atoms with Gasteiger partial charge in [0, 0.05) is 0 Å². The van der Waals surface area contributed by atoms with Gasteiger partial charge in [0.2, 0.25) is 0 Å². The summed E-state index contributed by atoms with van der Waals surface area (Å²) >= 11 is 1.21. The molecule has 0 saturated heterocycles. The first kappa shape index (κ1) is 11.6. The van der Waals surface area contributed by atoms with Gasteiger partial charge in [-0.15, -0.1) is 5.10 Å². The summed E-state index contributed by atoms with van der Waals surface area (Å²) in [7, 11) is 0. The molecule has 0 aliphatic carbocycles. The zero-order valence-corrected chi connectivity index (χ0v) is 9.89. The second kappa shape index (κ2) is 5.44. The summed E-state index contributed by atoms with van der Waals surface area (Å²) in [4.78, 5) is 0. The molecule has 0 unspecified atom stereocenters. The lowest BCUT2D eigenvalue weighted by Gasteiger charge is -2.03. The number of aromatic nitrogens is 4. The summed E-state index contributed by atoms with van der Waals surface area (Å²) in [6, 6.07) is 9.95. The molecule has 2 rings (SSSR count). The maximum absolute atomic E-state index is 7.15. The van der Waals surface area contributed by atoms with Crippen LogP contribution in [0, 0.1) is 5.41 Å². The maximum atomic E-state index is 7.15. The zero-order chi connectivity index (χ0) is 12.1. The Labute approximate surface area is 103 Å². The van der Waals surface area contributed by atoms with Gasteiger partial charge in [-0.05, 0) is 16.0 Å². The minimum atomic E-state index is 0.0688. The Bertz CT molecular complexity index is 495. The van der Waals surface area contributed by atoms with E-state index in [0.29, 0.717) is 18.1 Å². The van der Waals surface area contributed by atoms with Gasteiger partial charge in [-0.25, -0.2) is 4.68 Å². The van der Waals surface area contributed by atoms with Crippen molar-refractivity contribution in [3.8, 4) is 0 Å². The average molecular weight is 248 g/mol. The van der Waals surface area contributed by atoms with Crippen LogP contribution in [-0.4, -0.2) is 25.4 Å². The van der Waals surface area contributed by atoms with E-state index < -0.39 is 0 Å². The molecule has 88 valence electrons. The summed E-state index contributed by atoms with van der Waals surface area (Å²) in [6.07, 6.45) is 0. The van der Waals surface area contributed by atoms with Gasteiger partial charge in [-0.1, -0.05) is 42.1 Å². The Kier molecular flexibility index (Phi) is 3.71. The lowest BCUT2D eigenvalue weighted by molar-refractivity contribution is 0.631. The molecule has 0 spiro atoms. The molecule has 0 bridgehead atoms. The second-order valence-electron chi connectivity index (χ2n) is 3.39. The molecule has 0 amide bonds. The minimum absolute atomic E-state index is 0.0688. The number of hydrogen-bond donors (Lipinski definition) is 2. The van der Waals surface area contributed by atoms with E-state index in [-0.39, 0.29) is 5.17 Å². The summed E-state index contributed by atoms with van der Waals surface area (Å²) in [5.74, 6) is 1.23. The van der Waals surface area contributed by atoms with Crippen molar-refractivity contribution >= 4 is 16.9 Å². The molecule has 6 nitrogen and oxygen atoms in total. The first-order chi connectivity index (χ1) is 8.25. The van der Waals surface area contributed by atoms with Crippen LogP contribution in [0.3, 0.4) is 0 Å². The Balaban J connectivity index is 2.06. The third kappa shape index (κ3) is 3.28. The smallest absolute Gasteiger partial charge is 0.161 e. The standard InChI is InChI=1S/C10H12N6S/c11-10(12)17-7-9-13-14-15-16(9)6-8-4-2-1-3-5-8/h1-5H,6-7H2,(H3,11,12). The molecule has 0 saturated carbocycles. The molecule has 1 heterocycles. The molecule has 7 heteroatoms. The topological polar surface area (TPSA) is 93.5 Å². The highest BCUT2D eigenvalue weighted by Gasteiger charge is 2.07. The van der Waals surface area contributed by atoms with Crippen LogP contribution in [0.4, 0.5) is 0 Å². The number of tetrazole rings is 1. The molecule has 1 aromatic heterocycles. The largest absolute Gasteiger partial charge is 0.379 e. The highest BCUT2D eigenvalue weighted by atomic mass is 32.2. The lowest BCUT2D eigenvalue weighted by atomic mass is 10.2. The van der Waals surface area contributed by atoms with Crippen molar-refractivity contribution < 1.29 is 0 Å². The van der Waals surface area contributed by atoms with Gasteiger partial charge >= 0.3 is 0 Å². The maximum Gasteiger partial charge on any atom is 0.161 e. The number of hydrogen-bond acceptors (Lipinski definition) is 5. The van der Waals surface area contributed by atoms with Crippen LogP contribution in [0.1, 0.15) is 11.4 Å². The lowest BCUT2D eigenvalue weighted by Crippen LogP contribution is -2.09. The van der Waals surface area contributed by atoms with Gasteiger partial charge in [0.15, 0.2) is 11.0 Å². The van der Waals surface area contributed by atoms with E-state index in [1.165, 1.54) is 11.8 Å². The third-order valence-electron chi connectivity index (χ3n) is 2.14. The van der Waals surface area contributed by atoms with Gasteiger partial charge in [0.05, 0.1) is 12.3 Å². The van der Waals surface area contributed by atoms with Crippen LogP contribution in [0.2, 0.25) is 0 Å². The van der Waals surface area contributed by atoms with Crippen molar-refractivity contribution in [2.45, 2.75) is 12.3 Å². The molecular formula is C10H12N6S. The van der Waals surface area contributed by atoms with Gasteiger partial charge in [-0.2, -0.15) is 0 Å². The SMILES string of the molecule is N=C(N)SCc1nnnn1Cc1ccccc1. The number of amidine groups is 1. The summed E-state index contributed by atoms with van der Waals surface area (Å²) in [5.41, 5.74) is 6.41. The molecule has 0 aliphatic heterocycles. The fraction of sp³-hybridized carbons (Fsp3) is 0.200. The highest BCUT2D eigenvalue weighted by Crippen LogP contribution is 2.09. The monoisotopic (exact) mass is 248 g/mol. The van der Waals surface area contributed by atoms with Crippen molar-refractivity contribution in [3.05, 3.63) is 41.7 Å². The van der Waals surface area contributed by atoms with Crippen molar-refractivity contribution in [3.63, 3.8) is 0 Å². The molecule has 3 N–H and O–H groups in total. The molecule has 0 radical (unpaired) electrons. The Morgan fingerprint density at radius 2 is 2.12 bits per heavy atom. The van der Waals surface area contributed by atoms with E-state index >= 15 is 0 Å². The summed E-state index contributed by atoms with van der Waals surface area (Å²) in [5, 5.41) is 18.7. The van der Waals surface area contributed by atoms with E-state index in [9.17, 15) is 0 Å². The van der Waals surface area contributed by atoms with Crippen LogP contribution in [-0.2, 0) is 12.3 Å². The molecule has 2 aromatic rings. The predicted molar refractivity (Wildman–Crippen MR) is 66.6 cm³/mol. The van der Waals surface area contributed by atoms with Crippen molar-refractivity contribution in [2.24, 2.45) is 5.73 Å². The van der Waals surface area contributed by atoms with Gasteiger partial charge in [0.1, 0.15) is 0 Å². The molecule has 1 aromatic carbocycles. The van der Waals surface area contributed by atoms with E-state index in [0.717, 1.165) is 5.56 Å². The van der Waals surface area contributed by atoms with E-state index in [1.54, 1.807) is 4.68 Å². The number of nitrogens with zero attached hydrogens (tertiary/aromatic N) is 4. The second-order valence-corrected chi connectivity index (χ2v) is 4.41. The summed E-state index contributed by atoms with van der Waals surface area (Å²) < 4.78 is 1.71. The zero-order valence-electron chi connectivity index (χ0n) is 9.08. The van der Waals surface area contributed by atoms with Crippen LogP contribution in [0.5, 0.6) is 0 Å². The Hall–Kier alpha value is -1.89. The molecule has 17 heavy (non-hydrogen) atoms. The predicted octanol–water partition coefficient (Wildman–Crippen LogP) is 0.848. The Morgan fingerprint density at radius 1 is 1.35 bits per heavy atom. The van der Waals surface area contributed by atoms with Crippen molar-refractivity contribution in [1.82, 2.24) is 20.2 Å². The average Bonchev–Trinajstić information content (AvgIpc) is 2.75.